The number of methoxy groups -OCH3 is 1. The van der Waals surface area contributed by atoms with Crippen molar-refractivity contribution in [2.75, 3.05) is 13.7 Å². The monoisotopic (exact) mass is 248 g/mol. The molecule has 0 aromatic heterocycles. The summed E-state index contributed by atoms with van der Waals surface area (Å²) >= 11 is 0. The van der Waals surface area contributed by atoms with E-state index in [2.05, 4.69) is 29.7 Å². The van der Waals surface area contributed by atoms with E-state index in [0.717, 1.165) is 11.3 Å². The molecule has 1 saturated heterocycles. The van der Waals surface area contributed by atoms with Crippen LogP contribution in [0.5, 0.6) is 5.75 Å². The van der Waals surface area contributed by atoms with Gasteiger partial charge in [-0.3, -0.25) is 4.79 Å². The van der Waals surface area contributed by atoms with Crippen molar-refractivity contribution < 1.29 is 9.53 Å². The molecule has 1 aromatic rings. The molecule has 4 nitrogen and oxygen atoms in total. The lowest BCUT2D eigenvalue weighted by atomic mass is 10.0. The number of carbonyl (C=O) groups excluding carboxylic acids is 1. The van der Waals surface area contributed by atoms with Crippen LogP contribution in [0.25, 0.3) is 0 Å². The predicted molar refractivity (Wildman–Crippen MR) is 70.7 cm³/mol. The summed E-state index contributed by atoms with van der Waals surface area (Å²) in [5.74, 6) is 1.02. The summed E-state index contributed by atoms with van der Waals surface area (Å²) in [6, 6.07) is 6.56. The van der Waals surface area contributed by atoms with E-state index in [4.69, 9.17) is 4.74 Å². The second-order valence-corrected chi connectivity index (χ2v) is 4.84. The van der Waals surface area contributed by atoms with Crippen molar-refractivity contribution in [3.63, 3.8) is 0 Å². The highest BCUT2D eigenvalue weighted by atomic mass is 16.5. The number of ether oxygens (including phenoxy) is 1. The molecule has 4 heteroatoms. The largest absolute Gasteiger partial charge is 0.496 e. The molecule has 2 rings (SSSR count). The van der Waals surface area contributed by atoms with Gasteiger partial charge in [-0.1, -0.05) is 12.1 Å². The fourth-order valence-electron chi connectivity index (χ4n) is 2.34. The number of hydrogen-bond acceptors (Lipinski definition) is 3. The van der Waals surface area contributed by atoms with Crippen LogP contribution in [0.3, 0.4) is 0 Å². The zero-order chi connectivity index (χ0) is 13.1. The van der Waals surface area contributed by atoms with E-state index in [9.17, 15) is 4.79 Å². The van der Waals surface area contributed by atoms with E-state index >= 15 is 0 Å². The maximum Gasteiger partial charge on any atom is 0.221 e. The first-order valence-electron chi connectivity index (χ1n) is 6.27. The minimum atomic E-state index is 0.121. The van der Waals surface area contributed by atoms with Gasteiger partial charge in [-0.15, -0.1) is 0 Å². The van der Waals surface area contributed by atoms with Gasteiger partial charge in [-0.05, 0) is 25.5 Å². The molecule has 98 valence electrons. The van der Waals surface area contributed by atoms with Gasteiger partial charge in [0.15, 0.2) is 0 Å². The van der Waals surface area contributed by atoms with E-state index in [0.29, 0.717) is 13.0 Å². The minimum Gasteiger partial charge on any atom is -0.496 e. The lowest BCUT2D eigenvalue weighted by Crippen LogP contribution is -2.33. The Morgan fingerprint density at radius 3 is 2.89 bits per heavy atom. The molecule has 1 amide bonds. The number of carbonyl (C=O) groups is 1. The number of amides is 1. The normalized spacial score (nSPS) is 20.6. The van der Waals surface area contributed by atoms with Crippen molar-refractivity contribution in [3.8, 4) is 5.75 Å². The van der Waals surface area contributed by atoms with Crippen LogP contribution in [0.15, 0.2) is 18.2 Å². The van der Waals surface area contributed by atoms with Gasteiger partial charge in [0.2, 0.25) is 5.91 Å². The Hall–Kier alpha value is -1.55. The topological polar surface area (TPSA) is 50.4 Å². The van der Waals surface area contributed by atoms with Crippen molar-refractivity contribution in [2.45, 2.75) is 32.4 Å². The van der Waals surface area contributed by atoms with Crippen molar-refractivity contribution in [1.29, 1.82) is 0 Å². The van der Waals surface area contributed by atoms with Gasteiger partial charge in [0.1, 0.15) is 5.75 Å². The fraction of sp³-hybridized carbons (Fsp3) is 0.500. The molecule has 0 spiro atoms. The van der Waals surface area contributed by atoms with E-state index in [-0.39, 0.29) is 18.0 Å². The lowest BCUT2D eigenvalue weighted by molar-refractivity contribution is -0.119. The van der Waals surface area contributed by atoms with Crippen molar-refractivity contribution in [1.82, 2.24) is 10.6 Å². The summed E-state index contributed by atoms with van der Waals surface area (Å²) < 4.78 is 5.41. The predicted octanol–water partition coefficient (Wildman–Crippen LogP) is 1.54. The number of hydrogen-bond donors (Lipinski definition) is 2. The van der Waals surface area contributed by atoms with Crippen LogP contribution in [0.4, 0.5) is 0 Å². The molecule has 0 radical (unpaired) electrons. The van der Waals surface area contributed by atoms with Crippen molar-refractivity contribution >= 4 is 5.91 Å². The van der Waals surface area contributed by atoms with E-state index in [1.165, 1.54) is 5.56 Å². The van der Waals surface area contributed by atoms with Crippen LogP contribution in [-0.4, -0.2) is 25.6 Å². The molecule has 18 heavy (non-hydrogen) atoms. The maximum atomic E-state index is 11.2. The average Bonchev–Trinajstić information content (AvgIpc) is 2.74. The Balaban J connectivity index is 2.08. The lowest BCUT2D eigenvalue weighted by Gasteiger charge is -2.21. The molecular weight excluding hydrogens is 228 g/mol. The summed E-state index contributed by atoms with van der Waals surface area (Å²) in [7, 11) is 1.69. The number of aryl methyl sites for hydroxylation is 1. The maximum absolute atomic E-state index is 11.2. The third kappa shape index (κ3) is 2.82. The molecule has 2 unspecified atom stereocenters. The second kappa shape index (κ2) is 5.40. The van der Waals surface area contributed by atoms with Crippen LogP contribution in [0.1, 0.15) is 30.5 Å². The molecule has 0 bridgehead atoms. The summed E-state index contributed by atoms with van der Waals surface area (Å²) in [6.45, 7) is 4.84. The van der Waals surface area contributed by atoms with Crippen LogP contribution in [0, 0.1) is 6.92 Å². The Bertz CT molecular complexity index is 445. The fourth-order valence-corrected chi connectivity index (χ4v) is 2.34. The van der Waals surface area contributed by atoms with E-state index in [1.54, 1.807) is 7.11 Å². The summed E-state index contributed by atoms with van der Waals surface area (Å²) in [5, 5.41) is 6.29. The molecule has 1 aliphatic rings. The summed E-state index contributed by atoms with van der Waals surface area (Å²) in [6.07, 6.45) is 0.554. The van der Waals surface area contributed by atoms with Gasteiger partial charge in [-0.25, -0.2) is 0 Å². The van der Waals surface area contributed by atoms with Gasteiger partial charge < -0.3 is 15.4 Å². The smallest absolute Gasteiger partial charge is 0.221 e. The molecule has 0 aliphatic carbocycles. The van der Waals surface area contributed by atoms with Crippen LogP contribution in [-0.2, 0) is 4.79 Å². The second-order valence-electron chi connectivity index (χ2n) is 4.84. The highest BCUT2D eigenvalue weighted by Crippen LogP contribution is 2.26. The SMILES string of the molecule is COc1cc(C)ccc1C(C)NC1CNC(=O)C1. The Morgan fingerprint density at radius 2 is 2.28 bits per heavy atom. The third-order valence-corrected chi connectivity index (χ3v) is 3.32. The van der Waals surface area contributed by atoms with Crippen LogP contribution >= 0.6 is 0 Å². The molecule has 2 atom stereocenters. The minimum absolute atomic E-state index is 0.121. The molecule has 1 aliphatic heterocycles. The first-order chi connectivity index (χ1) is 8.60. The van der Waals surface area contributed by atoms with Gasteiger partial charge in [0.05, 0.1) is 7.11 Å². The Morgan fingerprint density at radius 1 is 1.50 bits per heavy atom. The quantitative estimate of drug-likeness (QED) is 0.850. The number of rotatable bonds is 4. The highest BCUT2D eigenvalue weighted by Gasteiger charge is 2.23. The van der Waals surface area contributed by atoms with Crippen molar-refractivity contribution in [3.05, 3.63) is 29.3 Å². The molecular formula is C14H20N2O2. The first-order valence-corrected chi connectivity index (χ1v) is 6.27. The summed E-state index contributed by atoms with van der Waals surface area (Å²) in [4.78, 5) is 11.2. The van der Waals surface area contributed by atoms with E-state index in [1.807, 2.05) is 13.0 Å². The zero-order valence-corrected chi connectivity index (χ0v) is 11.1. The molecule has 1 aromatic carbocycles. The van der Waals surface area contributed by atoms with Gasteiger partial charge in [-0.2, -0.15) is 0 Å². The molecule has 1 heterocycles. The number of benzene rings is 1. The Kier molecular flexibility index (Phi) is 3.87. The van der Waals surface area contributed by atoms with Crippen LogP contribution in [0.2, 0.25) is 0 Å². The standard InChI is InChI=1S/C14H20N2O2/c1-9-4-5-12(13(6-9)18-3)10(2)16-11-7-14(17)15-8-11/h4-6,10-11,16H,7-8H2,1-3H3,(H,15,17). The first kappa shape index (κ1) is 12.9. The molecule has 1 fully saturated rings. The third-order valence-electron chi connectivity index (χ3n) is 3.32. The molecule has 2 N–H and O–H groups in total. The number of nitrogens with one attached hydrogen (secondary N) is 2. The van der Waals surface area contributed by atoms with Gasteiger partial charge in [0, 0.05) is 30.6 Å². The summed E-state index contributed by atoms with van der Waals surface area (Å²) in [5.41, 5.74) is 2.31. The average molecular weight is 248 g/mol. The highest BCUT2D eigenvalue weighted by molar-refractivity contribution is 5.78. The van der Waals surface area contributed by atoms with Crippen LogP contribution < -0.4 is 15.4 Å². The van der Waals surface area contributed by atoms with E-state index < -0.39 is 0 Å². The van der Waals surface area contributed by atoms with Gasteiger partial charge >= 0.3 is 0 Å². The van der Waals surface area contributed by atoms with Gasteiger partial charge in [0.25, 0.3) is 0 Å². The zero-order valence-electron chi connectivity index (χ0n) is 11.1. The Labute approximate surface area is 108 Å². The molecule has 0 saturated carbocycles. The van der Waals surface area contributed by atoms with Crippen molar-refractivity contribution in [2.24, 2.45) is 0 Å².